The number of amides is 2. The standard InChI is InChI=1S/C18H21N3O4/c1-24-11-14(19)18(23)20-13-8-9-16(25-2)15(10-13)21-17(22)12-6-4-3-5-7-12/h3-10,14H,11,19H2,1-2H3,(H,20,23)(H,21,22)/t14-/m0/s1. The topological polar surface area (TPSA) is 103 Å². The van der Waals surface area contributed by atoms with Gasteiger partial charge in [0, 0.05) is 18.4 Å². The SMILES string of the molecule is COC[C@H](N)C(=O)Nc1ccc(OC)c(NC(=O)c2ccccc2)c1. The monoisotopic (exact) mass is 343 g/mol. The number of hydrogen-bond donors (Lipinski definition) is 3. The van der Waals surface area contributed by atoms with E-state index in [9.17, 15) is 9.59 Å². The number of hydrogen-bond acceptors (Lipinski definition) is 5. The normalized spacial score (nSPS) is 11.5. The van der Waals surface area contributed by atoms with Crippen LogP contribution >= 0.6 is 0 Å². The number of carbonyl (C=O) groups is 2. The van der Waals surface area contributed by atoms with Gasteiger partial charge in [0.25, 0.3) is 5.91 Å². The number of anilines is 2. The molecule has 7 heteroatoms. The molecule has 2 aromatic carbocycles. The molecule has 0 aliphatic carbocycles. The quantitative estimate of drug-likeness (QED) is 0.712. The second-order valence-electron chi connectivity index (χ2n) is 5.29. The van der Waals surface area contributed by atoms with Crippen molar-refractivity contribution in [3.63, 3.8) is 0 Å². The number of methoxy groups -OCH3 is 2. The number of nitrogens with one attached hydrogen (secondary N) is 2. The number of rotatable bonds is 7. The first-order chi connectivity index (χ1) is 12.0. The average Bonchev–Trinajstić information content (AvgIpc) is 2.63. The summed E-state index contributed by atoms with van der Waals surface area (Å²) in [4.78, 5) is 24.3. The summed E-state index contributed by atoms with van der Waals surface area (Å²) in [6.45, 7) is 0.111. The molecule has 0 saturated carbocycles. The van der Waals surface area contributed by atoms with Gasteiger partial charge in [0.2, 0.25) is 5.91 Å². The Morgan fingerprint density at radius 3 is 2.44 bits per heavy atom. The Labute approximate surface area is 146 Å². The molecular formula is C18H21N3O4. The Bertz CT molecular complexity index is 734. The molecule has 7 nitrogen and oxygen atoms in total. The molecule has 2 rings (SSSR count). The van der Waals surface area contributed by atoms with Gasteiger partial charge in [0.05, 0.1) is 19.4 Å². The molecule has 2 amide bonds. The van der Waals surface area contributed by atoms with Crippen LogP contribution in [0.15, 0.2) is 48.5 Å². The number of nitrogens with two attached hydrogens (primary N) is 1. The van der Waals surface area contributed by atoms with Crippen LogP contribution in [0.1, 0.15) is 10.4 Å². The Balaban J connectivity index is 2.16. The van der Waals surface area contributed by atoms with Crippen LogP contribution in [-0.2, 0) is 9.53 Å². The summed E-state index contributed by atoms with van der Waals surface area (Å²) in [5, 5.41) is 5.46. The van der Waals surface area contributed by atoms with Gasteiger partial charge in [-0.15, -0.1) is 0 Å². The van der Waals surface area contributed by atoms with Crippen LogP contribution in [0.5, 0.6) is 5.75 Å². The highest BCUT2D eigenvalue weighted by Crippen LogP contribution is 2.28. The van der Waals surface area contributed by atoms with Crippen molar-refractivity contribution in [1.29, 1.82) is 0 Å². The minimum Gasteiger partial charge on any atom is -0.495 e. The summed E-state index contributed by atoms with van der Waals surface area (Å²) in [7, 11) is 2.97. The van der Waals surface area contributed by atoms with Crippen molar-refractivity contribution in [2.24, 2.45) is 5.73 Å². The molecule has 0 spiro atoms. The summed E-state index contributed by atoms with van der Waals surface area (Å²) in [6, 6.07) is 12.9. The van der Waals surface area contributed by atoms with Gasteiger partial charge >= 0.3 is 0 Å². The summed E-state index contributed by atoms with van der Waals surface area (Å²) in [6.07, 6.45) is 0. The number of carbonyl (C=O) groups excluding carboxylic acids is 2. The first-order valence-corrected chi connectivity index (χ1v) is 7.65. The molecule has 0 fully saturated rings. The molecule has 0 bridgehead atoms. The van der Waals surface area contributed by atoms with Crippen LogP contribution in [-0.4, -0.2) is 38.7 Å². The van der Waals surface area contributed by atoms with E-state index in [1.54, 1.807) is 42.5 Å². The van der Waals surface area contributed by atoms with Crippen LogP contribution in [0, 0.1) is 0 Å². The lowest BCUT2D eigenvalue weighted by molar-refractivity contribution is -0.118. The van der Waals surface area contributed by atoms with Crippen molar-refractivity contribution < 1.29 is 19.1 Å². The third-order valence-electron chi connectivity index (χ3n) is 3.43. The molecule has 132 valence electrons. The summed E-state index contributed by atoms with van der Waals surface area (Å²) >= 11 is 0. The number of ether oxygens (including phenoxy) is 2. The van der Waals surface area contributed by atoms with Gasteiger partial charge in [-0.1, -0.05) is 18.2 Å². The van der Waals surface area contributed by atoms with Gasteiger partial charge in [0.15, 0.2) is 0 Å². The fourth-order valence-corrected chi connectivity index (χ4v) is 2.16. The van der Waals surface area contributed by atoms with E-state index in [0.29, 0.717) is 22.7 Å². The second-order valence-corrected chi connectivity index (χ2v) is 5.29. The molecular weight excluding hydrogens is 322 g/mol. The minimum atomic E-state index is -0.783. The van der Waals surface area contributed by atoms with Gasteiger partial charge in [-0.3, -0.25) is 9.59 Å². The van der Waals surface area contributed by atoms with Gasteiger partial charge in [0.1, 0.15) is 11.8 Å². The first kappa shape index (κ1) is 18.4. The van der Waals surface area contributed by atoms with E-state index in [4.69, 9.17) is 15.2 Å². The van der Waals surface area contributed by atoms with E-state index < -0.39 is 6.04 Å². The Kier molecular flexibility index (Phi) is 6.50. The molecule has 0 aliphatic rings. The molecule has 0 aliphatic heterocycles. The smallest absolute Gasteiger partial charge is 0.255 e. The van der Waals surface area contributed by atoms with Gasteiger partial charge in [-0.05, 0) is 30.3 Å². The van der Waals surface area contributed by atoms with Crippen molar-refractivity contribution in [1.82, 2.24) is 0 Å². The average molecular weight is 343 g/mol. The van der Waals surface area contributed by atoms with E-state index in [1.807, 2.05) is 6.07 Å². The molecule has 0 heterocycles. The maximum Gasteiger partial charge on any atom is 0.255 e. The second kappa shape index (κ2) is 8.81. The lowest BCUT2D eigenvalue weighted by Gasteiger charge is -2.14. The maximum absolute atomic E-state index is 12.3. The zero-order valence-corrected chi connectivity index (χ0v) is 14.1. The molecule has 0 unspecified atom stereocenters. The zero-order chi connectivity index (χ0) is 18.2. The third-order valence-corrected chi connectivity index (χ3v) is 3.43. The molecule has 0 aromatic heterocycles. The minimum absolute atomic E-state index is 0.111. The van der Waals surface area contributed by atoms with Crippen molar-refractivity contribution in [2.75, 3.05) is 31.5 Å². The van der Waals surface area contributed by atoms with Gasteiger partial charge in [-0.2, -0.15) is 0 Å². The first-order valence-electron chi connectivity index (χ1n) is 7.65. The van der Waals surface area contributed by atoms with E-state index in [-0.39, 0.29) is 18.4 Å². The molecule has 0 saturated heterocycles. The highest BCUT2D eigenvalue weighted by molar-refractivity contribution is 6.05. The molecule has 1 atom stereocenters. The predicted molar refractivity (Wildman–Crippen MR) is 95.9 cm³/mol. The van der Waals surface area contributed by atoms with Crippen LogP contribution in [0.2, 0.25) is 0 Å². The molecule has 25 heavy (non-hydrogen) atoms. The van der Waals surface area contributed by atoms with Crippen LogP contribution in [0.4, 0.5) is 11.4 Å². The van der Waals surface area contributed by atoms with Crippen molar-refractivity contribution >= 4 is 23.2 Å². The summed E-state index contributed by atoms with van der Waals surface area (Å²) in [5.41, 5.74) is 7.14. The molecule has 0 radical (unpaired) electrons. The predicted octanol–water partition coefficient (Wildman–Crippen LogP) is 1.86. The summed E-state index contributed by atoms with van der Waals surface area (Å²) in [5.74, 6) is -0.186. The van der Waals surface area contributed by atoms with E-state index >= 15 is 0 Å². The number of benzene rings is 2. The highest BCUT2D eigenvalue weighted by Gasteiger charge is 2.15. The fraction of sp³-hybridized carbons (Fsp3) is 0.222. The third kappa shape index (κ3) is 5.03. The van der Waals surface area contributed by atoms with Crippen molar-refractivity contribution in [2.45, 2.75) is 6.04 Å². The van der Waals surface area contributed by atoms with E-state index in [2.05, 4.69) is 10.6 Å². The van der Waals surface area contributed by atoms with E-state index in [1.165, 1.54) is 14.2 Å². The lowest BCUT2D eigenvalue weighted by Crippen LogP contribution is -2.39. The Hall–Kier alpha value is -2.90. The van der Waals surface area contributed by atoms with Crippen LogP contribution < -0.4 is 21.1 Å². The van der Waals surface area contributed by atoms with Gasteiger partial charge in [-0.25, -0.2) is 0 Å². The summed E-state index contributed by atoms with van der Waals surface area (Å²) < 4.78 is 10.1. The van der Waals surface area contributed by atoms with Gasteiger partial charge < -0.3 is 25.8 Å². The Morgan fingerprint density at radius 2 is 1.80 bits per heavy atom. The Morgan fingerprint density at radius 1 is 1.08 bits per heavy atom. The molecule has 2 aromatic rings. The van der Waals surface area contributed by atoms with Crippen molar-refractivity contribution in [3.8, 4) is 5.75 Å². The zero-order valence-electron chi connectivity index (χ0n) is 14.1. The largest absolute Gasteiger partial charge is 0.495 e. The molecule has 4 N–H and O–H groups in total. The highest BCUT2D eigenvalue weighted by atomic mass is 16.5. The lowest BCUT2D eigenvalue weighted by atomic mass is 10.2. The van der Waals surface area contributed by atoms with Crippen LogP contribution in [0.25, 0.3) is 0 Å². The fourth-order valence-electron chi connectivity index (χ4n) is 2.16. The van der Waals surface area contributed by atoms with E-state index in [0.717, 1.165) is 0 Å². The van der Waals surface area contributed by atoms with Crippen molar-refractivity contribution in [3.05, 3.63) is 54.1 Å². The maximum atomic E-state index is 12.3. The van der Waals surface area contributed by atoms with Crippen LogP contribution in [0.3, 0.4) is 0 Å².